The molecule has 0 bridgehead atoms. The van der Waals surface area contributed by atoms with Crippen molar-refractivity contribution in [2.45, 2.75) is 24.2 Å². The Labute approximate surface area is 130 Å². The summed E-state index contributed by atoms with van der Waals surface area (Å²) in [5.74, 6) is 2.56. The van der Waals surface area contributed by atoms with Crippen LogP contribution >= 0.6 is 23.4 Å². The maximum atomic E-state index is 12.6. The average Bonchev–Trinajstić information content (AvgIpc) is 2.75. The van der Waals surface area contributed by atoms with Crippen molar-refractivity contribution < 1.29 is 8.42 Å². The van der Waals surface area contributed by atoms with Crippen LogP contribution in [0.15, 0.2) is 29.2 Å². The Morgan fingerprint density at radius 1 is 1.15 bits per heavy atom. The second-order valence-corrected chi connectivity index (χ2v) is 8.35. The van der Waals surface area contributed by atoms with Gasteiger partial charge in [0.05, 0.1) is 4.90 Å². The first-order valence-corrected chi connectivity index (χ1v) is 10.0. The molecule has 0 aromatic heterocycles. The Morgan fingerprint density at radius 3 is 2.60 bits per heavy atom. The summed E-state index contributed by atoms with van der Waals surface area (Å²) >= 11 is 7.49. The van der Waals surface area contributed by atoms with Crippen LogP contribution in [-0.2, 0) is 16.4 Å². The van der Waals surface area contributed by atoms with Crippen molar-refractivity contribution in [3.63, 3.8) is 0 Å². The summed E-state index contributed by atoms with van der Waals surface area (Å²) in [7, 11) is -3.33. The van der Waals surface area contributed by atoms with E-state index in [-0.39, 0.29) is 0 Å². The minimum atomic E-state index is -3.33. The molecule has 6 heteroatoms. The molecule has 0 aliphatic carbocycles. The van der Waals surface area contributed by atoms with E-state index in [1.807, 2.05) is 23.9 Å². The van der Waals surface area contributed by atoms with Crippen molar-refractivity contribution in [1.82, 2.24) is 4.31 Å². The number of benzene rings is 1. The summed E-state index contributed by atoms with van der Waals surface area (Å²) in [5, 5.41) is 0. The van der Waals surface area contributed by atoms with E-state index in [9.17, 15) is 8.42 Å². The number of thioether (sulfide) groups is 1. The zero-order chi connectivity index (χ0) is 14.4. The molecule has 3 nitrogen and oxygen atoms in total. The monoisotopic (exact) mass is 333 g/mol. The van der Waals surface area contributed by atoms with Gasteiger partial charge in [-0.3, -0.25) is 0 Å². The first kappa shape index (κ1) is 16.1. The molecule has 0 atom stereocenters. The predicted octanol–water partition coefficient (Wildman–Crippen LogP) is 2.99. The second-order valence-electron chi connectivity index (χ2n) is 4.81. The third-order valence-electron chi connectivity index (χ3n) is 3.34. The summed E-state index contributed by atoms with van der Waals surface area (Å²) in [4.78, 5) is 0.402. The molecule has 1 aliphatic heterocycles. The van der Waals surface area contributed by atoms with Gasteiger partial charge in [-0.2, -0.15) is 16.1 Å². The summed E-state index contributed by atoms with van der Waals surface area (Å²) in [5.41, 5.74) is 1.14. The molecular weight excluding hydrogens is 314 g/mol. The zero-order valence-electron chi connectivity index (χ0n) is 11.4. The lowest BCUT2D eigenvalue weighted by atomic mass is 10.1. The van der Waals surface area contributed by atoms with Crippen LogP contribution in [-0.4, -0.2) is 43.2 Å². The van der Waals surface area contributed by atoms with E-state index in [4.69, 9.17) is 11.6 Å². The van der Waals surface area contributed by atoms with Crippen molar-refractivity contribution in [3.05, 3.63) is 29.8 Å². The summed E-state index contributed by atoms with van der Waals surface area (Å²) in [6.07, 6.45) is 2.74. The van der Waals surface area contributed by atoms with Crippen LogP contribution < -0.4 is 0 Å². The van der Waals surface area contributed by atoms with Crippen molar-refractivity contribution >= 4 is 33.4 Å². The Kier molecular flexibility index (Phi) is 6.20. The molecule has 0 radical (unpaired) electrons. The van der Waals surface area contributed by atoms with Gasteiger partial charge in [0.1, 0.15) is 0 Å². The highest BCUT2D eigenvalue weighted by Crippen LogP contribution is 2.20. The average molecular weight is 334 g/mol. The molecule has 1 aromatic rings. The van der Waals surface area contributed by atoms with E-state index in [1.165, 1.54) is 0 Å². The maximum Gasteiger partial charge on any atom is 0.243 e. The van der Waals surface area contributed by atoms with Crippen molar-refractivity contribution in [2.24, 2.45) is 0 Å². The Bertz CT molecular complexity index is 508. The highest BCUT2D eigenvalue weighted by Gasteiger charge is 2.24. The van der Waals surface area contributed by atoms with Crippen LogP contribution in [0.4, 0.5) is 0 Å². The van der Waals surface area contributed by atoms with Crippen LogP contribution in [0.2, 0.25) is 0 Å². The van der Waals surface area contributed by atoms with Gasteiger partial charge >= 0.3 is 0 Å². The molecule has 20 heavy (non-hydrogen) atoms. The lowest BCUT2D eigenvalue weighted by Crippen LogP contribution is -2.32. The number of halogens is 1. The molecule has 0 saturated carbocycles. The minimum absolute atomic E-state index is 0.402. The smallest absolute Gasteiger partial charge is 0.207 e. The number of aryl methyl sites for hydroxylation is 1. The number of nitrogens with zero attached hydrogens (tertiary/aromatic N) is 1. The third kappa shape index (κ3) is 4.13. The lowest BCUT2D eigenvalue weighted by molar-refractivity contribution is 0.435. The van der Waals surface area contributed by atoms with Gasteiger partial charge in [-0.1, -0.05) is 12.1 Å². The topological polar surface area (TPSA) is 37.4 Å². The second kappa shape index (κ2) is 7.69. The number of sulfonamides is 1. The molecule has 0 spiro atoms. The van der Waals surface area contributed by atoms with Crippen LogP contribution in [0.5, 0.6) is 0 Å². The van der Waals surface area contributed by atoms with E-state index in [0.717, 1.165) is 36.3 Å². The van der Waals surface area contributed by atoms with E-state index >= 15 is 0 Å². The van der Waals surface area contributed by atoms with Crippen LogP contribution in [0.25, 0.3) is 0 Å². The fourth-order valence-electron chi connectivity index (χ4n) is 2.21. The third-order valence-corrected chi connectivity index (χ3v) is 6.57. The molecule has 1 aliphatic rings. The molecule has 0 N–H and O–H groups in total. The molecule has 1 saturated heterocycles. The number of alkyl halides is 1. The van der Waals surface area contributed by atoms with Gasteiger partial charge in [0.15, 0.2) is 0 Å². The van der Waals surface area contributed by atoms with E-state index in [0.29, 0.717) is 23.9 Å². The van der Waals surface area contributed by atoms with Gasteiger partial charge in [0, 0.05) is 24.7 Å². The fourth-order valence-corrected chi connectivity index (χ4v) is 4.83. The van der Waals surface area contributed by atoms with Gasteiger partial charge < -0.3 is 0 Å². The largest absolute Gasteiger partial charge is 0.243 e. The van der Waals surface area contributed by atoms with E-state index in [1.54, 1.807) is 16.4 Å². The Hall–Kier alpha value is -0.230. The molecule has 0 unspecified atom stereocenters. The summed E-state index contributed by atoms with van der Waals surface area (Å²) in [6.45, 7) is 1.24. The molecule has 0 amide bonds. The predicted molar refractivity (Wildman–Crippen MR) is 86.2 cm³/mol. The highest BCUT2D eigenvalue weighted by molar-refractivity contribution is 7.99. The highest BCUT2D eigenvalue weighted by atomic mass is 35.5. The van der Waals surface area contributed by atoms with Gasteiger partial charge in [0.2, 0.25) is 10.0 Å². The van der Waals surface area contributed by atoms with Crippen LogP contribution in [0.1, 0.15) is 18.4 Å². The zero-order valence-corrected chi connectivity index (χ0v) is 13.8. The minimum Gasteiger partial charge on any atom is -0.207 e. The number of hydrogen-bond donors (Lipinski definition) is 0. The fraction of sp³-hybridized carbons (Fsp3) is 0.571. The molecule has 2 rings (SSSR count). The number of hydrogen-bond acceptors (Lipinski definition) is 3. The van der Waals surface area contributed by atoms with Crippen LogP contribution in [0, 0.1) is 0 Å². The van der Waals surface area contributed by atoms with Gasteiger partial charge in [-0.15, -0.1) is 11.6 Å². The van der Waals surface area contributed by atoms with Gasteiger partial charge in [-0.25, -0.2) is 8.42 Å². The molecular formula is C14H20ClNO2S2. The summed E-state index contributed by atoms with van der Waals surface area (Å²) in [6, 6.07) is 7.23. The maximum absolute atomic E-state index is 12.6. The van der Waals surface area contributed by atoms with E-state index in [2.05, 4.69) is 0 Å². The standard InChI is InChI=1S/C14H20ClNO2S2/c15-8-1-3-13-4-6-14(7-5-13)20(17,18)16-9-2-11-19-12-10-16/h4-7H,1-3,8-12H2. The quantitative estimate of drug-likeness (QED) is 0.777. The number of rotatable bonds is 5. The van der Waals surface area contributed by atoms with E-state index < -0.39 is 10.0 Å². The van der Waals surface area contributed by atoms with Crippen molar-refractivity contribution in [1.29, 1.82) is 0 Å². The van der Waals surface area contributed by atoms with Gasteiger partial charge in [-0.05, 0) is 42.7 Å². The molecule has 1 heterocycles. The Balaban J connectivity index is 2.12. The normalized spacial score (nSPS) is 17.9. The first-order valence-electron chi connectivity index (χ1n) is 6.87. The van der Waals surface area contributed by atoms with Crippen molar-refractivity contribution in [3.8, 4) is 0 Å². The van der Waals surface area contributed by atoms with Crippen molar-refractivity contribution in [2.75, 3.05) is 30.5 Å². The first-order chi connectivity index (χ1) is 9.64. The SMILES string of the molecule is O=S(=O)(c1ccc(CCCCl)cc1)N1CCCSCC1. The Morgan fingerprint density at radius 2 is 1.90 bits per heavy atom. The molecule has 1 fully saturated rings. The van der Waals surface area contributed by atoms with Gasteiger partial charge in [0.25, 0.3) is 0 Å². The lowest BCUT2D eigenvalue weighted by Gasteiger charge is -2.19. The summed E-state index contributed by atoms with van der Waals surface area (Å²) < 4.78 is 26.7. The van der Waals surface area contributed by atoms with Crippen LogP contribution in [0.3, 0.4) is 0 Å². The molecule has 1 aromatic carbocycles. The molecule has 112 valence electrons.